The van der Waals surface area contributed by atoms with Crippen molar-refractivity contribution in [1.82, 2.24) is 0 Å². The molecule has 0 aromatic rings. The van der Waals surface area contributed by atoms with Crippen LogP contribution in [-0.4, -0.2) is 49.3 Å². The molecule has 53 heavy (non-hydrogen) atoms. The maximum Gasteiger partial charge on any atom is 0.472 e. The van der Waals surface area contributed by atoms with Crippen LogP contribution in [0.15, 0.2) is 60.8 Å². The van der Waals surface area contributed by atoms with Gasteiger partial charge in [0.2, 0.25) is 0 Å². The fourth-order valence-corrected chi connectivity index (χ4v) is 6.02. The molecule has 0 heterocycles. The van der Waals surface area contributed by atoms with Crippen molar-refractivity contribution in [3.63, 3.8) is 0 Å². The van der Waals surface area contributed by atoms with Crippen molar-refractivity contribution < 1.29 is 37.6 Å². The Balaban J connectivity index is 4.27. The minimum atomic E-state index is -4.39. The van der Waals surface area contributed by atoms with Crippen LogP contribution in [0.25, 0.3) is 0 Å². The Hall–Kier alpha value is -2.29. The van der Waals surface area contributed by atoms with E-state index in [4.69, 9.17) is 24.3 Å². The van der Waals surface area contributed by atoms with E-state index in [2.05, 4.69) is 74.6 Å². The van der Waals surface area contributed by atoms with E-state index in [9.17, 15) is 19.0 Å². The monoisotopic (exact) mass is 766 g/mol. The third-order valence-corrected chi connectivity index (χ3v) is 9.36. The second-order valence-corrected chi connectivity index (χ2v) is 14.9. The summed E-state index contributed by atoms with van der Waals surface area (Å²) >= 11 is 0. The molecule has 0 bridgehead atoms. The number of ether oxygens (including phenoxy) is 2. The van der Waals surface area contributed by atoms with Gasteiger partial charge in [0.1, 0.15) is 6.61 Å². The van der Waals surface area contributed by atoms with E-state index >= 15 is 0 Å². The molecular weight excluding hydrogens is 689 g/mol. The number of carbonyl (C=O) groups excluding carboxylic acids is 2. The molecule has 2 atom stereocenters. The molecule has 306 valence electrons. The number of unbranched alkanes of at least 4 members (excludes halogenated alkanes) is 15. The summed E-state index contributed by atoms with van der Waals surface area (Å²) in [4.78, 5) is 34.8. The number of hydrogen-bond donors (Lipinski definition) is 2. The van der Waals surface area contributed by atoms with Crippen LogP contribution in [0.3, 0.4) is 0 Å². The van der Waals surface area contributed by atoms with E-state index in [1.807, 2.05) is 0 Å². The second-order valence-electron chi connectivity index (χ2n) is 13.5. The molecule has 0 amide bonds. The SMILES string of the molecule is CCCCC/C=C\C/C=C\C/C=C\CCCCCCC(=O)O[C@H](COC(=O)CCCCCCC/C=C\C/C=C\CCCCC)COP(=O)(O)OCCN. The second kappa shape index (κ2) is 39.4. The third kappa shape index (κ3) is 39.2. The van der Waals surface area contributed by atoms with Gasteiger partial charge >= 0.3 is 19.8 Å². The molecule has 0 saturated heterocycles. The Labute approximate surface area is 323 Å². The molecule has 0 aliphatic rings. The smallest absolute Gasteiger partial charge is 0.462 e. The molecule has 0 aromatic carbocycles. The molecule has 3 N–H and O–H groups in total. The average molecular weight is 766 g/mol. The molecule has 0 saturated carbocycles. The van der Waals surface area contributed by atoms with E-state index < -0.39 is 32.5 Å². The first-order valence-electron chi connectivity index (χ1n) is 20.8. The Bertz CT molecular complexity index is 1050. The Morgan fingerprint density at radius 1 is 0.566 bits per heavy atom. The molecule has 10 heteroatoms. The zero-order valence-electron chi connectivity index (χ0n) is 33.5. The number of allylic oxidation sites excluding steroid dienone is 10. The van der Waals surface area contributed by atoms with Crippen molar-refractivity contribution in [3.8, 4) is 0 Å². The van der Waals surface area contributed by atoms with Crippen molar-refractivity contribution >= 4 is 19.8 Å². The van der Waals surface area contributed by atoms with E-state index in [1.165, 1.54) is 51.4 Å². The van der Waals surface area contributed by atoms with E-state index in [0.29, 0.717) is 12.8 Å². The number of hydrogen-bond acceptors (Lipinski definition) is 8. The standard InChI is InChI=1S/C43H76NO8P/c1-3-5-7-9-11-13-15-17-19-20-22-24-26-28-30-32-34-36-43(46)52-41(40-51-53(47,48)50-38-37-44)39-49-42(45)35-33-31-29-27-25-23-21-18-16-14-12-10-8-6-4-2/h11-14,17-19,21-22,24,41H,3-10,15-16,20,23,25-40,44H2,1-2H3,(H,47,48)/b13-11-,14-12-,19-17-,21-18-,24-22-/t41-/m1/s1. The summed E-state index contributed by atoms with van der Waals surface area (Å²) in [7, 11) is -4.39. The molecule has 0 spiro atoms. The largest absolute Gasteiger partial charge is 0.472 e. The number of rotatable bonds is 38. The Morgan fingerprint density at radius 2 is 0.981 bits per heavy atom. The number of nitrogens with two attached hydrogens (primary N) is 1. The molecule has 0 aliphatic carbocycles. The fourth-order valence-electron chi connectivity index (χ4n) is 5.26. The van der Waals surface area contributed by atoms with E-state index in [-0.39, 0.29) is 32.6 Å². The van der Waals surface area contributed by atoms with Gasteiger partial charge in [0.05, 0.1) is 13.2 Å². The molecule has 0 rings (SSSR count). The zero-order valence-corrected chi connectivity index (χ0v) is 34.4. The highest BCUT2D eigenvalue weighted by Crippen LogP contribution is 2.43. The molecule has 1 unspecified atom stereocenters. The third-order valence-electron chi connectivity index (χ3n) is 8.38. The molecule has 0 aliphatic heterocycles. The van der Waals surface area contributed by atoms with Gasteiger partial charge in [-0.1, -0.05) is 132 Å². The van der Waals surface area contributed by atoms with Gasteiger partial charge in [-0.25, -0.2) is 4.57 Å². The number of carbonyl (C=O) groups is 2. The highest BCUT2D eigenvalue weighted by molar-refractivity contribution is 7.47. The lowest BCUT2D eigenvalue weighted by atomic mass is 10.1. The molecule has 0 fully saturated rings. The van der Waals surface area contributed by atoms with Gasteiger partial charge in [0.15, 0.2) is 6.10 Å². The molecule has 0 aromatic heterocycles. The topological polar surface area (TPSA) is 134 Å². The van der Waals surface area contributed by atoms with Crippen molar-refractivity contribution in [1.29, 1.82) is 0 Å². The minimum Gasteiger partial charge on any atom is -0.462 e. The van der Waals surface area contributed by atoms with Crippen molar-refractivity contribution in [2.45, 2.75) is 174 Å². The number of phosphoric acid groups is 1. The van der Waals surface area contributed by atoms with Gasteiger partial charge < -0.3 is 20.1 Å². The Morgan fingerprint density at radius 3 is 1.45 bits per heavy atom. The van der Waals surface area contributed by atoms with Crippen molar-refractivity contribution in [2.24, 2.45) is 5.73 Å². The number of phosphoric ester groups is 1. The highest BCUT2D eigenvalue weighted by Gasteiger charge is 2.25. The first-order chi connectivity index (χ1) is 25.8. The van der Waals surface area contributed by atoms with Crippen LogP contribution >= 0.6 is 7.82 Å². The summed E-state index contributed by atoms with van der Waals surface area (Å²) in [5, 5.41) is 0. The summed E-state index contributed by atoms with van der Waals surface area (Å²) in [5.74, 6) is -0.875. The summed E-state index contributed by atoms with van der Waals surface area (Å²) < 4.78 is 32.7. The summed E-state index contributed by atoms with van der Waals surface area (Å²) in [6.45, 7) is 3.62. The molecule has 9 nitrogen and oxygen atoms in total. The minimum absolute atomic E-state index is 0.0447. The zero-order chi connectivity index (χ0) is 38.9. The quantitative estimate of drug-likeness (QED) is 0.0272. The summed E-state index contributed by atoms with van der Waals surface area (Å²) in [5.41, 5.74) is 5.34. The lowest BCUT2D eigenvalue weighted by molar-refractivity contribution is -0.161. The predicted octanol–water partition coefficient (Wildman–Crippen LogP) is 11.7. The van der Waals surface area contributed by atoms with E-state index in [1.54, 1.807) is 0 Å². The van der Waals surface area contributed by atoms with Crippen LogP contribution in [-0.2, 0) is 32.7 Å². The van der Waals surface area contributed by atoms with Crippen LogP contribution in [0.5, 0.6) is 0 Å². The summed E-state index contributed by atoms with van der Waals surface area (Å²) in [6, 6.07) is 0. The molecular formula is C43H76NO8P. The van der Waals surface area contributed by atoms with Crippen molar-refractivity contribution in [3.05, 3.63) is 60.8 Å². The average Bonchev–Trinajstić information content (AvgIpc) is 3.14. The van der Waals surface area contributed by atoms with E-state index in [0.717, 1.165) is 77.0 Å². The van der Waals surface area contributed by atoms with Crippen LogP contribution in [0.1, 0.15) is 168 Å². The van der Waals surface area contributed by atoms with Gasteiger partial charge in [0.25, 0.3) is 0 Å². The fraction of sp³-hybridized carbons (Fsp3) is 0.721. The Kier molecular flexibility index (Phi) is 37.7. The van der Waals surface area contributed by atoms with Crippen LogP contribution in [0.2, 0.25) is 0 Å². The lowest BCUT2D eigenvalue weighted by Gasteiger charge is -2.19. The van der Waals surface area contributed by atoms with Gasteiger partial charge in [-0.05, 0) is 83.5 Å². The highest BCUT2D eigenvalue weighted by atomic mass is 31.2. The van der Waals surface area contributed by atoms with Gasteiger partial charge in [-0.3, -0.25) is 18.6 Å². The normalized spacial score (nSPS) is 14.0. The van der Waals surface area contributed by atoms with Crippen LogP contribution < -0.4 is 5.73 Å². The molecule has 0 radical (unpaired) electrons. The van der Waals surface area contributed by atoms with Gasteiger partial charge in [-0.15, -0.1) is 0 Å². The van der Waals surface area contributed by atoms with Gasteiger partial charge in [-0.2, -0.15) is 0 Å². The van der Waals surface area contributed by atoms with Gasteiger partial charge in [0, 0.05) is 19.4 Å². The maximum absolute atomic E-state index is 12.6. The summed E-state index contributed by atoms with van der Waals surface area (Å²) in [6.07, 6.45) is 45.3. The van der Waals surface area contributed by atoms with Crippen LogP contribution in [0, 0.1) is 0 Å². The number of esters is 2. The first kappa shape index (κ1) is 50.7. The predicted molar refractivity (Wildman–Crippen MR) is 219 cm³/mol. The maximum atomic E-state index is 12.6. The lowest BCUT2D eigenvalue weighted by Crippen LogP contribution is -2.29. The van der Waals surface area contributed by atoms with Crippen LogP contribution in [0.4, 0.5) is 0 Å². The first-order valence-corrected chi connectivity index (χ1v) is 22.3. The van der Waals surface area contributed by atoms with Crippen molar-refractivity contribution in [2.75, 3.05) is 26.4 Å².